The Labute approximate surface area is 150 Å². The molecule has 0 bridgehead atoms. The van der Waals surface area contributed by atoms with Gasteiger partial charge in [0.2, 0.25) is 0 Å². The van der Waals surface area contributed by atoms with Crippen molar-refractivity contribution in [3.05, 3.63) is 99.7 Å². The second kappa shape index (κ2) is 6.59. The summed E-state index contributed by atoms with van der Waals surface area (Å²) < 4.78 is 14.8. The van der Waals surface area contributed by atoms with Gasteiger partial charge in [-0.2, -0.15) is 0 Å². The Balaban J connectivity index is 1.64. The number of carbonyl (C=O) groups excluding carboxylic acids is 1. The molecule has 130 valence electrons. The van der Waals surface area contributed by atoms with Crippen LogP contribution >= 0.6 is 0 Å². The lowest BCUT2D eigenvalue weighted by Gasteiger charge is -2.18. The van der Waals surface area contributed by atoms with E-state index in [2.05, 4.69) is 0 Å². The van der Waals surface area contributed by atoms with Crippen LogP contribution < -0.4 is 10.5 Å². The van der Waals surface area contributed by atoms with E-state index in [1.165, 1.54) is 22.8 Å². The summed E-state index contributed by atoms with van der Waals surface area (Å²) in [6.07, 6.45) is 2.38. The molecule has 4 rings (SSSR count). The second-order valence-electron chi connectivity index (χ2n) is 6.35. The van der Waals surface area contributed by atoms with E-state index in [9.17, 15) is 14.0 Å². The molecule has 0 N–H and O–H groups in total. The lowest BCUT2D eigenvalue weighted by molar-refractivity contribution is 0.0988. The minimum Gasteiger partial charge on any atom is -0.310 e. The van der Waals surface area contributed by atoms with E-state index < -0.39 is 0 Å². The number of aromatic nitrogens is 1. The van der Waals surface area contributed by atoms with Crippen molar-refractivity contribution < 1.29 is 9.18 Å². The summed E-state index contributed by atoms with van der Waals surface area (Å²) in [5.41, 5.74) is 2.95. The third-order valence-corrected chi connectivity index (χ3v) is 4.60. The van der Waals surface area contributed by atoms with Gasteiger partial charge in [0, 0.05) is 24.5 Å². The van der Waals surface area contributed by atoms with E-state index in [4.69, 9.17) is 0 Å². The molecule has 3 aromatic rings. The van der Waals surface area contributed by atoms with Crippen molar-refractivity contribution in [2.24, 2.45) is 0 Å². The van der Waals surface area contributed by atoms with Gasteiger partial charge in [0.25, 0.3) is 11.5 Å². The van der Waals surface area contributed by atoms with Gasteiger partial charge in [0.15, 0.2) is 0 Å². The fraction of sp³-hybridized carbons (Fsp3) is 0.143. The summed E-state index contributed by atoms with van der Waals surface area (Å²) in [7, 11) is 0. The minimum atomic E-state index is -0.351. The highest BCUT2D eigenvalue weighted by molar-refractivity contribution is 6.07. The number of hydrogen-bond donors (Lipinski definition) is 0. The number of para-hydroxylation sites is 1. The normalized spacial score (nSPS) is 12.9. The van der Waals surface area contributed by atoms with Gasteiger partial charge >= 0.3 is 0 Å². The average molecular weight is 348 g/mol. The number of anilines is 1. The Morgan fingerprint density at radius 2 is 1.88 bits per heavy atom. The molecule has 0 radical (unpaired) electrons. The molecular weight excluding hydrogens is 331 g/mol. The zero-order valence-corrected chi connectivity index (χ0v) is 14.1. The fourth-order valence-corrected chi connectivity index (χ4v) is 3.32. The molecule has 2 aromatic carbocycles. The summed E-state index contributed by atoms with van der Waals surface area (Å²) in [6, 6.07) is 16.9. The van der Waals surface area contributed by atoms with Crippen molar-refractivity contribution in [1.29, 1.82) is 0 Å². The van der Waals surface area contributed by atoms with Gasteiger partial charge in [-0.3, -0.25) is 9.59 Å². The number of fused-ring (bicyclic) bond motifs is 1. The summed E-state index contributed by atoms with van der Waals surface area (Å²) >= 11 is 0. The van der Waals surface area contributed by atoms with Crippen molar-refractivity contribution in [2.45, 2.75) is 13.0 Å². The predicted octanol–water partition coefficient (Wildman–Crippen LogP) is 3.24. The van der Waals surface area contributed by atoms with Crippen molar-refractivity contribution in [3.8, 4) is 0 Å². The average Bonchev–Trinajstić information content (AvgIpc) is 3.07. The van der Waals surface area contributed by atoms with Crippen LogP contribution in [-0.4, -0.2) is 17.0 Å². The summed E-state index contributed by atoms with van der Waals surface area (Å²) in [5, 5.41) is 0. The highest BCUT2D eigenvalue weighted by Crippen LogP contribution is 2.28. The second-order valence-corrected chi connectivity index (χ2v) is 6.35. The quantitative estimate of drug-likeness (QED) is 0.729. The summed E-state index contributed by atoms with van der Waals surface area (Å²) in [6.45, 7) is 0.843. The van der Waals surface area contributed by atoms with Crippen LogP contribution in [0.5, 0.6) is 0 Å². The predicted molar refractivity (Wildman–Crippen MR) is 98.0 cm³/mol. The third kappa shape index (κ3) is 3.04. The van der Waals surface area contributed by atoms with Crippen LogP contribution in [0.25, 0.3) is 0 Å². The Bertz CT molecular complexity index is 1040. The van der Waals surface area contributed by atoms with E-state index in [1.54, 1.807) is 29.3 Å². The lowest BCUT2D eigenvalue weighted by atomic mass is 10.1. The van der Waals surface area contributed by atoms with Gasteiger partial charge in [-0.05, 0) is 41.8 Å². The first kappa shape index (κ1) is 16.3. The van der Waals surface area contributed by atoms with Gasteiger partial charge in [-0.1, -0.05) is 30.3 Å². The van der Waals surface area contributed by atoms with E-state index >= 15 is 0 Å². The summed E-state index contributed by atoms with van der Waals surface area (Å²) in [5.74, 6) is -0.487. The van der Waals surface area contributed by atoms with Crippen LogP contribution in [0.3, 0.4) is 0 Å². The zero-order chi connectivity index (χ0) is 18.1. The smallest absolute Gasteiger partial charge is 0.259 e. The Kier molecular flexibility index (Phi) is 4.13. The maximum absolute atomic E-state index is 13.4. The molecule has 0 saturated heterocycles. The van der Waals surface area contributed by atoms with Crippen LogP contribution in [0.1, 0.15) is 21.5 Å². The molecular formula is C21H17FN2O2. The lowest BCUT2D eigenvalue weighted by Crippen LogP contribution is -2.30. The Morgan fingerprint density at radius 3 is 2.73 bits per heavy atom. The number of benzene rings is 2. The molecule has 1 amide bonds. The van der Waals surface area contributed by atoms with Crippen LogP contribution in [0.15, 0.2) is 71.7 Å². The summed E-state index contributed by atoms with van der Waals surface area (Å²) in [4.78, 5) is 26.8. The molecule has 0 saturated carbocycles. The molecule has 0 atom stereocenters. The van der Waals surface area contributed by atoms with Crippen molar-refractivity contribution >= 4 is 11.6 Å². The molecule has 26 heavy (non-hydrogen) atoms. The van der Waals surface area contributed by atoms with Crippen molar-refractivity contribution in [2.75, 3.05) is 11.4 Å². The number of carbonyl (C=O) groups is 1. The number of nitrogens with zero attached hydrogens (tertiary/aromatic N) is 2. The molecule has 1 aliphatic heterocycles. The Hall–Kier alpha value is -3.21. The molecule has 2 heterocycles. The van der Waals surface area contributed by atoms with Crippen LogP contribution in [0, 0.1) is 5.82 Å². The Morgan fingerprint density at radius 1 is 1.04 bits per heavy atom. The molecule has 0 spiro atoms. The maximum Gasteiger partial charge on any atom is 0.259 e. The van der Waals surface area contributed by atoms with Gasteiger partial charge in [0.05, 0.1) is 12.1 Å². The molecule has 5 heteroatoms. The first-order valence-electron chi connectivity index (χ1n) is 8.46. The van der Waals surface area contributed by atoms with E-state index in [1.807, 2.05) is 24.3 Å². The van der Waals surface area contributed by atoms with Crippen LogP contribution in [0.2, 0.25) is 0 Å². The number of hydrogen-bond acceptors (Lipinski definition) is 2. The van der Waals surface area contributed by atoms with Crippen molar-refractivity contribution in [1.82, 2.24) is 4.57 Å². The van der Waals surface area contributed by atoms with E-state index in [-0.39, 0.29) is 23.8 Å². The minimum absolute atomic E-state index is 0.136. The SMILES string of the molecule is O=C(c1ccc(=O)n(Cc2cccc(F)c2)c1)N1CCc2ccccc21. The van der Waals surface area contributed by atoms with Crippen LogP contribution in [0.4, 0.5) is 10.1 Å². The third-order valence-electron chi connectivity index (χ3n) is 4.60. The number of amides is 1. The zero-order valence-electron chi connectivity index (χ0n) is 14.1. The first-order valence-corrected chi connectivity index (χ1v) is 8.46. The number of pyridine rings is 1. The molecule has 1 aromatic heterocycles. The molecule has 0 fully saturated rings. The number of halogens is 1. The highest BCUT2D eigenvalue weighted by Gasteiger charge is 2.25. The van der Waals surface area contributed by atoms with Gasteiger partial charge in [-0.25, -0.2) is 4.39 Å². The molecule has 1 aliphatic rings. The standard InChI is InChI=1S/C21H17FN2O2/c22-18-6-3-4-15(12-18)13-23-14-17(8-9-20(23)25)21(26)24-11-10-16-5-1-2-7-19(16)24/h1-9,12,14H,10-11,13H2. The topological polar surface area (TPSA) is 42.3 Å². The fourth-order valence-electron chi connectivity index (χ4n) is 3.32. The molecule has 4 nitrogen and oxygen atoms in total. The largest absolute Gasteiger partial charge is 0.310 e. The highest BCUT2D eigenvalue weighted by atomic mass is 19.1. The van der Waals surface area contributed by atoms with Crippen LogP contribution in [-0.2, 0) is 13.0 Å². The number of rotatable bonds is 3. The monoisotopic (exact) mass is 348 g/mol. The van der Waals surface area contributed by atoms with E-state index in [0.29, 0.717) is 17.7 Å². The van der Waals surface area contributed by atoms with Gasteiger partial charge in [0.1, 0.15) is 5.82 Å². The molecule has 0 unspecified atom stereocenters. The van der Waals surface area contributed by atoms with E-state index in [0.717, 1.165) is 17.7 Å². The first-order chi connectivity index (χ1) is 12.6. The molecule has 0 aliphatic carbocycles. The maximum atomic E-state index is 13.4. The van der Waals surface area contributed by atoms with Gasteiger partial charge < -0.3 is 9.47 Å². The van der Waals surface area contributed by atoms with Gasteiger partial charge in [-0.15, -0.1) is 0 Å². The van der Waals surface area contributed by atoms with Crippen molar-refractivity contribution in [3.63, 3.8) is 0 Å².